The predicted molar refractivity (Wildman–Crippen MR) is 94.1 cm³/mol. The van der Waals surface area contributed by atoms with Gasteiger partial charge in [0.15, 0.2) is 4.91 Å². The van der Waals surface area contributed by atoms with Crippen LogP contribution in [-0.4, -0.2) is 13.3 Å². The molecule has 2 aromatic rings. The van der Waals surface area contributed by atoms with Crippen molar-refractivity contribution >= 4 is 44.4 Å². The number of nitrogens with one attached hydrogen (secondary N) is 1. The lowest BCUT2D eigenvalue weighted by Gasteiger charge is -2.05. The number of anilines is 1. The van der Waals surface area contributed by atoms with Crippen LogP contribution in [0.5, 0.6) is 0 Å². The van der Waals surface area contributed by atoms with Crippen LogP contribution in [0.15, 0.2) is 58.5 Å². The van der Waals surface area contributed by atoms with Crippen molar-refractivity contribution in [3.05, 3.63) is 73.7 Å². The number of allylic oxidation sites excluding steroid dienone is 1. The molecule has 0 radical (unpaired) electrons. The van der Waals surface area contributed by atoms with E-state index in [9.17, 15) is 18.5 Å². The van der Waals surface area contributed by atoms with Gasteiger partial charge in [-0.1, -0.05) is 23.2 Å². The van der Waals surface area contributed by atoms with E-state index in [4.69, 9.17) is 28.5 Å². The number of halogens is 2. The number of nitro benzene ring substituents is 1. The van der Waals surface area contributed by atoms with Gasteiger partial charge in [-0.3, -0.25) is 10.1 Å². The Bertz CT molecular complexity index is 996. The minimum Gasteiger partial charge on any atom is -0.360 e. The van der Waals surface area contributed by atoms with Crippen LogP contribution >= 0.6 is 23.2 Å². The number of hydrogen-bond donors (Lipinski definition) is 1. The van der Waals surface area contributed by atoms with Crippen molar-refractivity contribution in [3.8, 4) is 6.07 Å². The van der Waals surface area contributed by atoms with Gasteiger partial charge in [0.2, 0.25) is 9.84 Å². The molecule has 0 unspecified atom stereocenters. The van der Waals surface area contributed by atoms with Crippen molar-refractivity contribution in [2.75, 3.05) is 5.32 Å². The zero-order chi connectivity index (χ0) is 18.6. The van der Waals surface area contributed by atoms with E-state index >= 15 is 0 Å². The molecule has 2 rings (SSSR count). The van der Waals surface area contributed by atoms with Crippen LogP contribution in [0.25, 0.3) is 0 Å². The Morgan fingerprint density at radius 2 is 1.84 bits per heavy atom. The molecule has 25 heavy (non-hydrogen) atoms. The fourth-order valence-electron chi connectivity index (χ4n) is 1.80. The summed E-state index contributed by atoms with van der Waals surface area (Å²) in [5, 5.41) is 22.9. The summed E-state index contributed by atoms with van der Waals surface area (Å²) < 4.78 is 24.8. The molecule has 0 fully saturated rings. The van der Waals surface area contributed by atoms with E-state index in [0.29, 0.717) is 5.02 Å². The van der Waals surface area contributed by atoms with E-state index in [1.54, 1.807) is 6.07 Å². The van der Waals surface area contributed by atoms with E-state index in [2.05, 4.69) is 5.32 Å². The minimum absolute atomic E-state index is 0.0613. The predicted octanol–water partition coefficient (Wildman–Crippen LogP) is 4.15. The molecule has 0 amide bonds. The van der Waals surface area contributed by atoms with Gasteiger partial charge in [-0.2, -0.15) is 5.26 Å². The fraction of sp³-hybridized carbons (Fsp3) is 0. The van der Waals surface area contributed by atoms with Crippen molar-refractivity contribution in [2.45, 2.75) is 4.90 Å². The van der Waals surface area contributed by atoms with Crippen molar-refractivity contribution < 1.29 is 13.3 Å². The number of benzene rings is 2. The molecular weight excluding hydrogens is 389 g/mol. The Labute approximate surface area is 153 Å². The van der Waals surface area contributed by atoms with Crippen LogP contribution < -0.4 is 5.32 Å². The highest BCUT2D eigenvalue weighted by molar-refractivity contribution is 7.95. The largest absolute Gasteiger partial charge is 0.360 e. The summed E-state index contributed by atoms with van der Waals surface area (Å²) in [5.74, 6) is 0. The van der Waals surface area contributed by atoms with Gasteiger partial charge in [0.05, 0.1) is 9.82 Å². The molecule has 0 spiro atoms. The number of nitrogens with zero attached hydrogens (tertiary/aromatic N) is 2. The topological polar surface area (TPSA) is 113 Å². The molecule has 0 aromatic heterocycles. The first-order valence-corrected chi connectivity index (χ1v) is 8.81. The van der Waals surface area contributed by atoms with Crippen molar-refractivity contribution in [1.82, 2.24) is 0 Å². The van der Waals surface area contributed by atoms with E-state index in [-0.39, 0.29) is 21.3 Å². The SMILES string of the molecule is N#CC(=CNc1ccc(Cl)c([N+](=O)[O-])c1)S(=O)(=O)c1ccc(Cl)cc1. The van der Waals surface area contributed by atoms with Gasteiger partial charge in [-0.05, 0) is 36.4 Å². The number of nitro groups is 1. The standard InChI is InChI=1S/C15H9Cl2N3O4S/c16-10-1-4-12(5-2-10)25(23,24)13(8-18)9-19-11-3-6-14(17)15(7-11)20(21)22/h1-7,9,19H. The van der Waals surface area contributed by atoms with Crippen LogP contribution in [0.4, 0.5) is 11.4 Å². The Kier molecular flexibility index (Phi) is 5.64. The van der Waals surface area contributed by atoms with E-state index in [0.717, 1.165) is 12.3 Å². The molecule has 0 aliphatic heterocycles. The minimum atomic E-state index is -4.05. The monoisotopic (exact) mass is 397 g/mol. The van der Waals surface area contributed by atoms with Gasteiger partial charge < -0.3 is 5.32 Å². The second-order valence-electron chi connectivity index (χ2n) is 4.65. The zero-order valence-electron chi connectivity index (χ0n) is 12.3. The molecule has 2 aromatic carbocycles. The molecule has 0 aliphatic rings. The van der Waals surface area contributed by atoms with Crippen LogP contribution in [0.2, 0.25) is 10.0 Å². The summed E-state index contributed by atoms with van der Waals surface area (Å²) in [6, 6.07) is 10.7. The van der Waals surface area contributed by atoms with Gasteiger partial charge >= 0.3 is 0 Å². The normalized spacial score (nSPS) is 11.6. The van der Waals surface area contributed by atoms with E-state index in [1.165, 1.54) is 36.4 Å². The summed E-state index contributed by atoms with van der Waals surface area (Å²) in [7, 11) is -4.05. The molecular formula is C15H9Cl2N3O4S. The average molecular weight is 398 g/mol. The third-order valence-corrected chi connectivity index (χ3v) is 5.29. The molecule has 0 heterocycles. The quantitative estimate of drug-likeness (QED) is 0.460. The van der Waals surface area contributed by atoms with E-state index in [1.807, 2.05) is 0 Å². The Morgan fingerprint density at radius 3 is 2.40 bits per heavy atom. The highest BCUT2D eigenvalue weighted by atomic mass is 35.5. The average Bonchev–Trinajstić information content (AvgIpc) is 2.56. The molecule has 0 bridgehead atoms. The van der Waals surface area contributed by atoms with Crippen molar-refractivity contribution in [1.29, 1.82) is 5.26 Å². The number of sulfone groups is 1. The number of hydrogen-bond acceptors (Lipinski definition) is 6. The summed E-state index contributed by atoms with van der Waals surface area (Å²) >= 11 is 11.4. The highest BCUT2D eigenvalue weighted by Gasteiger charge is 2.21. The fourth-order valence-corrected chi connectivity index (χ4v) is 3.20. The van der Waals surface area contributed by atoms with Gasteiger partial charge in [-0.25, -0.2) is 8.42 Å². The summed E-state index contributed by atoms with van der Waals surface area (Å²) in [6.07, 6.45) is 0.955. The smallest absolute Gasteiger partial charge is 0.289 e. The summed E-state index contributed by atoms with van der Waals surface area (Å²) in [4.78, 5) is 9.52. The van der Waals surface area contributed by atoms with Crippen molar-refractivity contribution in [3.63, 3.8) is 0 Å². The second kappa shape index (κ2) is 7.53. The summed E-state index contributed by atoms with van der Waals surface area (Å²) in [5.41, 5.74) is -0.144. The summed E-state index contributed by atoms with van der Waals surface area (Å²) in [6.45, 7) is 0. The first kappa shape index (κ1) is 18.7. The Morgan fingerprint density at radius 1 is 1.20 bits per heavy atom. The molecule has 128 valence electrons. The van der Waals surface area contributed by atoms with Crippen molar-refractivity contribution in [2.24, 2.45) is 0 Å². The first-order chi connectivity index (χ1) is 11.8. The van der Waals surface area contributed by atoms with E-state index < -0.39 is 19.7 Å². The molecule has 1 N–H and O–H groups in total. The maximum absolute atomic E-state index is 12.4. The number of nitriles is 1. The molecule has 0 saturated heterocycles. The molecule has 7 nitrogen and oxygen atoms in total. The third-order valence-electron chi connectivity index (χ3n) is 3.04. The van der Waals surface area contributed by atoms with Gasteiger partial charge in [0.1, 0.15) is 11.1 Å². The lowest BCUT2D eigenvalue weighted by Crippen LogP contribution is -2.05. The molecule has 0 atom stereocenters. The van der Waals surface area contributed by atoms with Gasteiger partial charge in [0, 0.05) is 23.0 Å². The molecule has 10 heteroatoms. The first-order valence-electron chi connectivity index (χ1n) is 6.57. The zero-order valence-corrected chi connectivity index (χ0v) is 14.6. The Hall–Kier alpha value is -2.60. The maximum Gasteiger partial charge on any atom is 0.289 e. The lowest BCUT2D eigenvalue weighted by molar-refractivity contribution is -0.384. The van der Waals surface area contributed by atoms with Gasteiger partial charge in [0.25, 0.3) is 5.69 Å². The van der Waals surface area contributed by atoms with Crippen LogP contribution in [0, 0.1) is 21.4 Å². The highest BCUT2D eigenvalue weighted by Crippen LogP contribution is 2.28. The van der Waals surface area contributed by atoms with Crippen LogP contribution in [0.1, 0.15) is 0 Å². The molecule has 0 saturated carbocycles. The Balaban J connectivity index is 2.35. The molecule has 0 aliphatic carbocycles. The van der Waals surface area contributed by atoms with Crippen LogP contribution in [-0.2, 0) is 9.84 Å². The van der Waals surface area contributed by atoms with Gasteiger partial charge in [-0.15, -0.1) is 0 Å². The lowest BCUT2D eigenvalue weighted by atomic mass is 10.3. The maximum atomic E-state index is 12.4. The second-order valence-corrected chi connectivity index (χ2v) is 7.41. The third kappa shape index (κ3) is 4.28. The number of rotatable bonds is 5. The van der Waals surface area contributed by atoms with Crippen LogP contribution in [0.3, 0.4) is 0 Å².